The fourth-order valence-corrected chi connectivity index (χ4v) is 0.900. The molecule has 0 bridgehead atoms. The van der Waals surface area contributed by atoms with Gasteiger partial charge in [0.25, 0.3) is 0 Å². The van der Waals surface area contributed by atoms with Gasteiger partial charge in [0.2, 0.25) is 0 Å². The van der Waals surface area contributed by atoms with Crippen molar-refractivity contribution in [1.29, 1.82) is 0 Å². The molecule has 0 radical (unpaired) electrons. The minimum atomic E-state index is 0. The van der Waals surface area contributed by atoms with Gasteiger partial charge in [-0.1, -0.05) is 0 Å². The number of nitrogens with one attached hydrogen (secondary N) is 2. The molecule has 1 aliphatic rings. The Morgan fingerprint density at radius 2 is 1.33 bits per heavy atom. The maximum atomic E-state index is 3.37. The normalized spacial score (nSPS) is 35.3. The van der Waals surface area contributed by atoms with Crippen LogP contribution in [-0.2, 0) is 0 Å². The summed E-state index contributed by atoms with van der Waals surface area (Å²) in [7, 11) is 0. The van der Waals surface area contributed by atoms with Crippen molar-refractivity contribution in [2.24, 2.45) is 0 Å². The lowest BCUT2D eigenvalue weighted by atomic mass is 10.2. The fraction of sp³-hybridized carbons (Fsp3) is 1.00. The molecule has 2 N–H and O–H groups in total. The zero-order chi connectivity index (χ0) is 5.98. The quantitative estimate of drug-likeness (QED) is 0.522. The van der Waals surface area contributed by atoms with Crippen molar-refractivity contribution in [3.05, 3.63) is 0 Å². The average molecular weight is 151 g/mol. The van der Waals surface area contributed by atoms with Crippen LogP contribution in [0.25, 0.3) is 0 Å². The van der Waals surface area contributed by atoms with Crippen molar-refractivity contribution >= 4 is 12.4 Å². The Kier molecular flexibility index (Phi) is 4.19. The Hall–Kier alpha value is 0.210. The molecular formula is C6H15ClN2. The van der Waals surface area contributed by atoms with E-state index in [1.165, 1.54) is 0 Å². The highest BCUT2D eigenvalue weighted by atomic mass is 35.5. The molecule has 9 heavy (non-hydrogen) atoms. The Labute approximate surface area is 62.8 Å². The van der Waals surface area contributed by atoms with Crippen LogP contribution < -0.4 is 10.6 Å². The summed E-state index contributed by atoms with van der Waals surface area (Å²) < 4.78 is 0. The first kappa shape index (κ1) is 9.21. The summed E-state index contributed by atoms with van der Waals surface area (Å²) in [4.78, 5) is 0. The van der Waals surface area contributed by atoms with Crippen LogP contribution in [0, 0.1) is 0 Å². The van der Waals surface area contributed by atoms with Crippen LogP contribution in [0.1, 0.15) is 13.8 Å². The zero-order valence-corrected chi connectivity index (χ0v) is 6.79. The maximum absolute atomic E-state index is 3.37. The highest BCUT2D eigenvalue weighted by molar-refractivity contribution is 5.85. The molecule has 0 aliphatic carbocycles. The van der Waals surface area contributed by atoms with Crippen LogP contribution in [0.4, 0.5) is 0 Å². The molecule has 1 heterocycles. The molecule has 1 rings (SSSR count). The van der Waals surface area contributed by atoms with Crippen molar-refractivity contribution in [3.8, 4) is 0 Å². The fourth-order valence-electron chi connectivity index (χ4n) is 0.900. The van der Waals surface area contributed by atoms with Crippen LogP contribution >= 0.6 is 12.4 Å². The number of rotatable bonds is 0. The van der Waals surface area contributed by atoms with Gasteiger partial charge in [-0.3, -0.25) is 0 Å². The summed E-state index contributed by atoms with van der Waals surface area (Å²) in [6, 6.07) is 1.32. The van der Waals surface area contributed by atoms with Crippen LogP contribution in [-0.4, -0.2) is 25.2 Å². The molecule has 0 saturated carbocycles. The Balaban J connectivity index is 0.000000640. The molecular weight excluding hydrogens is 136 g/mol. The molecule has 0 unspecified atom stereocenters. The molecule has 0 spiro atoms. The molecule has 56 valence electrons. The van der Waals surface area contributed by atoms with E-state index >= 15 is 0 Å². The summed E-state index contributed by atoms with van der Waals surface area (Å²) >= 11 is 0. The van der Waals surface area contributed by atoms with Gasteiger partial charge in [-0.05, 0) is 13.8 Å². The van der Waals surface area contributed by atoms with Gasteiger partial charge < -0.3 is 10.6 Å². The number of piperazine rings is 1. The molecule has 1 saturated heterocycles. The monoisotopic (exact) mass is 150 g/mol. The van der Waals surface area contributed by atoms with E-state index < -0.39 is 0 Å². The largest absolute Gasteiger partial charge is 0.311 e. The third-order valence-electron chi connectivity index (χ3n) is 1.54. The minimum Gasteiger partial charge on any atom is -0.311 e. The topological polar surface area (TPSA) is 24.1 Å². The van der Waals surface area contributed by atoms with Gasteiger partial charge in [0.1, 0.15) is 0 Å². The Bertz CT molecular complexity index is 59.5. The van der Waals surface area contributed by atoms with E-state index in [0.29, 0.717) is 12.1 Å². The molecule has 0 aromatic carbocycles. The SMILES string of the molecule is C[C@@H]1CN[C@@H](C)CN1.Cl. The average Bonchev–Trinajstić information content (AvgIpc) is 1.77. The minimum absolute atomic E-state index is 0. The number of hydrogen-bond donors (Lipinski definition) is 2. The Morgan fingerprint density at radius 3 is 1.56 bits per heavy atom. The van der Waals surface area contributed by atoms with Crippen LogP contribution in [0.3, 0.4) is 0 Å². The molecule has 0 aromatic heterocycles. The molecule has 2 nitrogen and oxygen atoms in total. The van der Waals surface area contributed by atoms with E-state index in [9.17, 15) is 0 Å². The number of hydrogen-bond acceptors (Lipinski definition) is 2. The highest BCUT2D eigenvalue weighted by Gasteiger charge is 2.10. The lowest BCUT2D eigenvalue weighted by Crippen LogP contribution is -2.51. The number of halogens is 1. The van der Waals surface area contributed by atoms with E-state index in [2.05, 4.69) is 24.5 Å². The molecule has 1 fully saturated rings. The van der Waals surface area contributed by atoms with Crippen molar-refractivity contribution in [2.45, 2.75) is 25.9 Å². The van der Waals surface area contributed by atoms with E-state index in [0.717, 1.165) is 13.1 Å². The first-order valence-corrected chi connectivity index (χ1v) is 3.26. The van der Waals surface area contributed by atoms with E-state index in [4.69, 9.17) is 0 Å². The van der Waals surface area contributed by atoms with Gasteiger partial charge in [0.15, 0.2) is 0 Å². The second-order valence-electron chi connectivity index (χ2n) is 2.62. The van der Waals surface area contributed by atoms with Crippen molar-refractivity contribution in [3.63, 3.8) is 0 Å². The van der Waals surface area contributed by atoms with Gasteiger partial charge in [-0.15, -0.1) is 12.4 Å². The molecule has 0 amide bonds. The molecule has 2 atom stereocenters. The predicted molar refractivity (Wildman–Crippen MR) is 42.2 cm³/mol. The molecule has 0 aromatic rings. The first-order chi connectivity index (χ1) is 3.79. The maximum Gasteiger partial charge on any atom is 0.0164 e. The summed E-state index contributed by atoms with van der Waals surface area (Å²) in [6.07, 6.45) is 0. The van der Waals surface area contributed by atoms with E-state index in [1.54, 1.807) is 0 Å². The van der Waals surface area contributed by atoms with Crippen molar-refractivity contribution in [2.75, 3.05) is 13.1 Å². The zero-order valence-electron chi connectivity index (χ0n) is 5.98. The van der Waals surface area contributed by atoms with Crippen molar-refractivity contribution < 1.29 is 0 Å². The Morgan fingerprint density at radius 1 is 1.00 bits per heavy atom. The van der Waals surface area contributed by atoms with Crippen LogP contribution in [0.5, 0.6) is 0 Å². The van der Waals surface area contributed by atoms with Gasteiger partial charge >= 0.3 is 0 Å². The summed E-state index contributed by atoms with van der Waals surface area (Å²) in [5.41, 5.74) is 0. The second kappa shape index (κ2) is 4.09. The van der Waals surface area contributed by atoms with Gasteiger partial charge in [-0.2, -0.15) is 0 Å². The highest BCUT2D eigenvalue weighted by Crippen LogP contribution is 1.89. The van der Waals surface area contributed by atoms with Gasteiger partial charge in [-0.25, -0.2) is 0 Å². The summed E-state index contributed by atoms with van der Waals surface area (Å²) in [5.74, 6) is 0. The first-order valence-electron chi connectivity index (χ1n) is 3.26. The summed E-state index contributed by atoms with van der Waals surface area (Å²) in [6.45, 7) is 6.61. The lowest BCUT2D eigenvalue weighted by Gasteiger charge is -2.26. The standard InChI is InChI=1S/C6H14N2.ClH/c1-5-3-8-6(2)4-7-5;/h5-8H,3-4H2,1-2H3;1H/t5-,6+;. The second-order valence-corrected chi connectivity index (χ2v) is 2.62. The third-order valence-corrected chi connectivity index (χ3v) is 1.54. The van der Waals surface area contributed by atoms with Crippen LogP contribution in [0.15, 0.2) is 0 Å². The molecule has 1 aliphatic heterocycles. The third kappa shape index (κ3) is 3.04. The van der Waals surface area contributed by atoms with E-state index in [-0.39, 0.29) is 12.4 Å². The van der Waals surface area contributed by atoms with Gasteiger partial charge in [0, 0.05) is 25.2 Å². The predicted octanol–water partition coefficient (Wildman–Crippen LogP) is 0.378. The van der Waals surface area contributed by atoms with Crippen molar-refractivity contribution in [1.82, 2.24) is 10.6 Å². The molecule has 3 heteroatoms. The van der Waals surface area contributed by atoms with Gasteiger partial charge in [0.05, 0.1) is 0 Å². The smallest absolute Gasteiger partial charge is 0.0164 e. The van der Waals surface area contributed by atoms with E-state index in [1.807, 2.05) is 0 Å². The summed E-state index contributed by atoms with van der Waals surface area (Å²) in [5, 5.41) is 6.74. The lowest BCUT2D eigenvalue weighted by molar-refractivity contribution is 0.376. The van der Waals surface area contributed by atoms with Crippen LogP contribution in [0.2, 0.25) is 0 Å².